The molecule has 35 heavy (non-hydrogen) atoms. The highest BCUT2D eigenvalue weighted by molar-refractivity contribution is 5.94. The van der Waals surface area contributed by atoms with E-state index in [0.717, 1.165) is 29.1 Å². The second-order valence-corrected chi connectivity index (χ2v) is 8.87. The lowest BCUT2D eigenvalue weighted by Crippen LogP contribution is -2.38. The Morgan fingerprint density at radius 1 is 1.11 bits per heavy atom. The quantitative estimate of drug-likeness (QED) is 0.531. The summed E-state index contributed by atoms with van der Waals surface area (Å²) in [7, 11) is 0. The standard InChI is InChI=1S/C26H27F3N4O2/c1-17-13-18(2)33(31-17)15-19-8-10-20(11-9-19)25(35)30-23(16-32-12-4-7-24(32)34)21-5-3-6-22(14-21)26(27,28)29/h3,5-6,8-11,13-14,23H,4,7,12,15-16H2,1-2H3,(H,30,35). The number of nitrogens with zero attached hydrogens (tertiary/aromatic N) is 3. The van der Waals surface area contributed by atoms with Crippen LogP contribution < -0.4 is 5.32 Å². The number of hydrogen-bond acceptors (Lipinski definition) is 3. The molecule has 1 unspecified atom stereocenters. The van der Waals surface area contributed by atoms with Crippen molar-refractivity contribution in [3.8, 4) is 0 Å². The summed E-state index contributed by atoms with van der Waals surface area (Å²) in [5.41, 5.74) is 2.81. The van der Waals surface area contributed by atoms with Gasteiger partial charge in [-0.05, 0) is 61.7 Å². The van der Waals surface area contributed by atoms with Gasteiger partial charge in [-0.1, -0.05) is 24.3 Å². The van der Waals surface area contributed by atoms with E-state index in [4.69, 9.17) is 0 Å². The third-order valence-corrected chi connectivity index (χ3v) is 6.15. The van der Waals surface area contributed by atoms with Crippen LogP contribution in [0.3, 0.4) is 0 Å². The number of carbonyl (C=O) groups is 2. The number of rotatable bonds is 7. The van der Waals surface area contributed by atoms with E-state index in [0.29, 0.717) is 37.1 Å². The van der Waals surface area contributed by atoms with Crippen LogP contribution in [0.1, 0.15) is 57.3 Å². The molecule has 2 aromatic carbocycles. The van der Waals surface area contributed by atoms with Crippen LogP contribution in [0.25, 0.3) is 0 Å². The van der Waals surface area contributed by atoms with E-state index in [-0.39, 0.29) is 12.5 Å². The molecule has 0 spiro atoms. The first-order valence-electron chi connectivity index (χ1n) is 11.5. The molecule has 1 atom stereocenters. The van der Waals surface area contributed by atoms with Crippen molar-refractivity contribution in [1.29, 1.82) is 0 Å². The first-order chi connectivity index (χ1) is 16.6. The Morgan fingerprint density at radius 2 is 1.86 bits per heavy atom. The van der Waals surface area contributed by atoms with Crippen LogP contribution in [-0.2, 0) is 17.5 Å². The topological polar surface area (TPSA) is 67.2 Å². The number of aromatic nitrogens is 2. The van der Waals surface area contributed by atoms with Crippen molar-refractivity contribution in [1.82, 2.24) is 20.0 Å². The summed E-state index contributed by atoms with van der Waals surface area (Å²) in [4.78, 5) is 26.8. The zero-order chi connectivity index (χ0) is 25.2. The lowest BCUT2D eigenvalue weighted by molar-refractivity contribution is -0.137. The van der Waals surface area contributed by atoms with Crippen LogP contribution in [-0.4, -0.2) is 39.6 Å². The van der Waals surface area contributed by atoms with Gasteiger partial charge in [-0.2, -0.15) is 18.3 Å². The molecule has 1 aromatic heterocycles. The van der Waals surface area contributed by atoms with Gasteiger partial charge in [-0.3, -0.25) is 14.3 Å². The van der Waals surface area contributed by atoms with Crippen molar-refractivity contribution in [2.24, 2.45) is 0 Å². The van der Waals surface area contributed by atoms with Gasteiger partial charge in [-0.25, -0.2) is 0 Å². The number of amides is 2. The molecule has 3 aromatic rings. The number of nitrogens with one attached hydrogen (secondary N) is 1. The minimum absolute atomic E-state index is 0.0651. The Labute approximate surface area is 201 Å². The van der Waals surface area contributed by atoms with Crippen LogP contribution in [0, 0.1) is 13.8 Å². The molecule has 0 aliphatic carbocycles. The van der Waals surface area contributed by atoms with E-state index in [1.165, 1.54) is 12.1 Å². The Hall–Kier alpha value is -3.62. The molecule has 4 rings (SSSR count). The smallest absolute Gasteiger partial charge is 0.343 e. The van der Waals surface area contributed by atoms with Gasteiger partial charge in [0.05, 0.1) is 23.8 Å². The molecule has 0 radical (unpaired) electrons. The molecular formula is C26H27F3N4O2. The van der Waals surface area contributed by atoms with Gasteiger partial charge in [0.2, 0.25) is 5.91 Å². The van der Waals surface area contributed by atoms with Crippen molar-refractivity contribution >= 4 is 11.8 Å². The summed E-state index contributed by atoms with van der Waals surface area (Å²) >= 11 is 0. The van der Waals surface area contributed by atoms with Crippen molar-refractivity contribution < 1.29 is 22.8 Å². The summed E-state index contributed by atoms with van der Waals surface area (Å²) in [6, 6.07) is 13.1. The fourth-order valence-electron chi connectivity index (χ4n) is 4.29. The molecule has 0 saturated carbocycles. The largest absolute Gasteiger partial charge is 0.416 e. The molecule has 1 fully saturated rings. The van der Waals surface area contributed by atoms with E-state index >= 15 is 0 Å². The first-order valence-corrected chi connectivity index (χ1v) is 11.5. The highest BCUT2D eigenvalue weighted by atomic mass is 19.4. The average Bonchev–Trinajstić information content (AvgIpc) is 3.36. The maximum atomic E-state index is 13.3. The van der Waals surface area contributed by atoms with Gasteiger partial charge in [0.25, 0.3) is 5.91 Å². The van der Waals surface area contributed by atoms with Crippen molar-refractivity contribution in [2.75, 3.05) is 13.1 Å². The van der Waals surface area contributed by atoms with Crippen LogP contribution in [0.2, 0.25) is 0 Å². The number of likely N-dealkylation sites (tertiary alicyclic amines) is 1. The highest BCUT2D eigenvalue weighted by Gasteiger charge is 2.32. The number of carbonyl (C=O) groups excluding carboxylic acids is 2. The van der Waals surface area contributed by atoms with E-state index in [1.807, 2.05) is 36.7 Å². The van der Waals surface area contributed by atoms with Gasteiger partial charge in [0, 0.05) is 30.8 Å². The fraction of sp³-hybridized carbons (Fsp3) is 0.346. The van der Waals surface area contributed by atoms with E-state index in [9.17, 15) is 22.8 Å². The van der Waals surface area contributed by atoms with E-state index in [2.05, 4.69) is 10.4 Å². The second-order valence-electron chi connectivity index (χ2n) is 8.87. The zero-order valence-corrected chi connectivity index (χ0v) is 19.6. The first kappa shape index (κ1) is 24.5. The number of hydrogen-bond donors (Lipinski definition) is 1. The van der Waals surface area contributed by atoms with Crippen LogP contribution >= 0.6 is 0 Å². The highest BCUT2D eigenvalue weighted by Crippen LogP contribution is 2.31. The minimum Gasteiger partial charge on any atom is -0.343 e. The molecule has 1 aliphatic heterocycles. The van der Waals surface area contributed by atoms with E-state index < -0.39 is 23.7 Å². The Morgan fingerprint density at radius 3 is 2.46 bits per heavy atom. The van der Waals surface area contributed by atoms with Gasteiger partial charge in [0.15, 0.2) is 0 Å². The summed E-state index contributed by atoms with van der Waals surface area (Å²) in [5.74, 6) is -0.485. The molecule has 9 heteroatoms. The third kappa shape index (κ3) is 5.90. The number of halogens is 3. The van der Waals surface area contributed by atoms with E-state index in [1.54, 1.807) is 17.0 Å². The lowest BCUT2D eigenvalue weighted by Gasteiger charge is -2.26. The molecule has 0 bridgehead atoms. The van der Waals surface area contributed by atoms with Crippen LogP contribution in [0.15, 0.2) is 54.6 Å². The number of alkyl halides is 3. The fourth-order valence-corrected chi connectivity index (χ4v) is 4.29. The molecular weight excluding hydrogens is 457 g/mol. The molecule has 1 aliphatic rings. The number of aryl methyl sites for hydroxylation is 2. The molecule has 6 nitrogen and oxygen atoms in total. The zero-order valence-electron chi connectivity index (χ0n) is 19.6. The lowest BCUT2D eigenvalue weighted by atomic mass is 10.0. The van der Waals surface area contributed by atoms with Gasteiger partial charge in [-0.15, -0.1) is 0 Å². The molecule has 1 N–H and O–H groups in total. The average molecular weight is 485 g/mol. The molecule has 184 valence electrons. The monoisotopic (exact) mass is 484 g/mol. The summed E-state index contributed by atoms with van der Waals surface area (Å²) in [5, 5.41) is 7.28. The van der Waals surface area contributed by atoms with Crippen molar-refractivity contribution in [3.05, 3.63) is 88.2 Å². The van der Waals surface area contributed by atoms with Gasteiger partial charge < -0.3 is 10.2 Å². The molecule has 2 amide bonds. The maximum absolute atomic E-state index is 13.3. The van der Waals surface area contributed by atoms with Crippen molar-refractivity contribution in [3.63, 3.8) is 0 Å². The summed E-state index contributed by atoms with van der Waals surface area (Å²) in [6.45, 7) is 5.09. The predicted octanol–water partition coefficient (Wildman–Crippen LogP) is 4.66. The Kier molecular flexibility index (Phi) is 6.95. The normalized spacial score (nSPS) is 14.9. The molecule has 2 heterocycles. The summed E-state index contributed by atoms with van der Waals surface area (Å²) < 4.78 is 41.7. The summed E-state index contributed by atoms with van der Waals surface area (Å²) in [6.07, 6.45) is -3.41. The number of benzene rings is 2. The molecule has 1 saturated heterocycles. The minimum atomic E-state index is -4.50. The van der Waals surface area contributed by atoms with Crippen molar-refractivity contribution in [2.45, 2.75) is 45.5 Å². The van der Waals surface area contributed by atoms with Gasteiger partial charge >= 0.3 is 6.18 Å². The predicted molar refractivity (Wildman–Crippen MR) is 125 cm³/mol. The third-order valence-electron chi connectivity index (χ3n) is 6.15. The van der Waals surface area contributed by atoms with Crippen LogP contribution in [0.5, 0.6) is 0 Å². The Bertz CT molecular complexity index is 1220. The van der Waals surface area contributed by atoms with Crippen LogP contribution in [0.4, 0.5) is 13.2 Å². The second kappa shape index (κ2) is 9.93. The SMILES string of the molecule is Cc1cc(C)n(Cc2ccc(C(=O)NC(CN3CCCC3=O)c3cccc(C(F)(F)F)c3)cc2)n1. The Balaban J connectivity index is 1.52. The maximum Gasteiger partial charge on any atom is 0.416 e. The van der Waals surface area contributed by atoms with Gasteiger partial charge in [0.1, 0.15) is 0 Å².